The van der Waals surface area contributed by atoms with Gasteiger partial charge in [0, 0.05) is 22.8 Å². The van der Waals surface area contributed by atoms with E-state index in [1.165, 1.54) is 0 Å². The summed E-state index contributed by atoms with van der Waals surface area (Å²) in [6.45, 7) is 7.70. The summed E-state index contributed by atoms with van der Waals surface area (Å²) in [5, 5.41) is 19.0. The second-order valence-electron chi connectivity index (χ2n) is 10.2. The highest BCUT2D eigenvalue weighted by Gasteiger charge is 2.33. The van der Waals surface area contributed by atoms with Crippen molar-refractivity contribution in [3.05, 3.63) is 47.7 Å². The maximum Gasteiger partial charge on any atom is 0.434 e. The van der Waals surface area contributed by atoms with Gasteiger partial charge in [0.05, 0.1) is 29.6 Å². The van der Waals surface area contributed by atoms with Gasteiger partial charge in [0.15, 0.2) is 5.69 Å². The lowest BCUT2D eigenvalue weighted by atomic mass is 9.80. The Labute approximate surface area is 201 Å². The number of fused-ring (bicyclic) bond motifs is 1. The van der Waals surface area contributed by atoms with E-state index >= 15 is 0 Å². The van der Waals surface area contributed by atoms with E-state index in [0.29, 0.717) is 34.9 Å². The molecule has 1 aromatic carbocycles. The molecule has 0 unspecified atom stereocenters. The first-order chi connectivity index (χ1) is 16.3. The number of rotatable bonds is 5. The molecule has 0 atom stereocenters. The molecular formula is C25H30F3N5O2. The lowest BCUT2D eigenvalue weighted by molar-refractivity contribution is -0.141. The SMILES string of the molecule is CC(C)C1CCC(n2cc3cc(NC(=O)c4cnc(C(F)(F)F)cn4)c(C(C)(C)O)cc3n2)CC1. The van der Waals surface area contributed by atoms with Gasteiger partial charge in [-0.2, -0.15) is 18.3 Å². The van der Waals surface area contributed by atoms with Crippen LogP contribution in [0.3, 0.4) is 0 Å². The summed E-state index contributed by atoms with van der Waals surface area (Å²) in [6.07, 6.45) is 3.01. The van der Waals surface area contributed by atoms with Gasteiger partial charge in [-0.1, -0.05) is 13.8 Å². The molecule has 0 bridgehead atoms. The van der Waals surface area contributed by atoms with Crippen LogP contribution in [0.5, 0.6) is 0 Å². The van der Waals surface area contributed by atoms with Crippen molar-refractivity contribution in [2.75, 3.05) is 5.32 Å². The molecule has 188 valence electrons. The molecule has 0 saturated heterocycles. The topological polar surface area (TPSA) is 92.9 Å². The molecule has 0 aliphatic heterocycles. The Morgan fingerprint density at radius 3 is 2.34 bits per heavy atom. The summed E-state index contributed by atoms with van der Waals surface area (Å²) in [4.78, 5) is 19.6. The summed E-state index contributed by atoms with van der Waals surface area (Å²) < 4.78 is 40.2. The molecule has 0 radical (unpaired) electrons. The molecule has 1 fully saturated rings. The third-order valence-electron chi connectivity index (χ3n) is 6.80. The Hall–Kier alpha value is -3.01. The molecule has 2 N–H and O–H groups in total. The van der Waals surface area contributed by atoms with Gasteiger partial charge in [0.25, 0.3) is 5.91 Å². The molecule has 3 aromatic rings. The Morgan fingerprint density at radius 1 is 1.11 bits per heavy atom. The first-order valence-electron chi connectivity index (χ1n) is 11.8. The Bertz CT molecular complexity index is 1200. The van der Waals surface area contributed by atoms with Crippen LogP contribution in [0, 0.1) is 11.8 Å². The van der Waals surface area contributed by atoms with Gasteiger partial charge in [-0.3, -0.25) is 9.48 Å². The Balaban J connectivity index is 1.61. The van der Waals surface area contributed by atoms with E-state index in [4.69, 9.17) is 5.10 Å². The van der Waals surface area contributed by atoms with Crippen LogP contribution in [0.2, 0.25) is 0 Å². The quantitative estimate of drug-likeness (QED) is 0.479. The molecule has 1 saturated carbocycles. The van der Waals surface area contributed by atoms with Crippen LogP contribution < -0.4 is 5.32 Å². The van der Waals surface area contributed by atoms with Gasteiger partial charge in [0.2, 0.25) is 0 Å². The number of anilines is 1. The highest BCUT2D eigenvalue weighted by molar-refractivity contribution is 6.04. The smallest absolute Gasteiger partial charge is 0.386 e. The van der Waals surface area contributed by atoms with Crippen LogP contribution in [0.15, 0.2) is 30.7 Å². The molecule has 2 aromatic heterocycles. The third kappa shape index (κ3) is 5.47. The number of carbonyl (C=O) groups is 1. The van der Waals surface area contributed by atoms with Gasteiger partial charge in [-0.15, -0.1) is 0 Å². The number of aliphatic hydroxyl groups is 1. The summed E-state index contributed by atoms with van der Waals surface area (Å²) in [5.41, 5.74) is -1.28. The van der Waals surface area contributed by atoms with E-state index in [1.807, 2.05) is 10.9 Å². The predicted molar refractivity (Wildman–Crippen MR) is 126 cm³/mol. The average molecular weight is 490 g/mol. The van der Waals surface area contributed by atoms with Crippen molar-refractivity contribution < 1.29 is 23.1 Å². The number of amides is 1. The van der Waals surface area contributed by atoms with E-state index in [1.54, 1.807) is 26.0 Å². The lowest BCUT2D eigenvalue weighted by Gasteiger charge is -2.30. The molecule has 0 spiro atoms. The minimum Gasteiger partial charge on any atom is -0.386 e. The number of nitrogens with one attached hydrogen (secondary N) is 1. The Morgan fingerprint density at radius 2 is 1.80 bits per heavy atom. The van der Waals surface area contributed by atoms with Gasteiger partial charge in [-0.25, -0.2) is 9.97 Å². The van der Waals surface area contributed by atoms with Crippen molar-refractivity contribution >= 4 is 22.5 Å². The number of nitrogens with zero attached hydrogens (tertiary/aromatic N) is 4. The molecular weight excluding hydrogens is 459 g/mol. The number of halogens is 3. The van der Waals surface area contributed by atoms with Crippen LogP contribution in [0.4, 0.5) is 18.9 Å². The monoisotopic (exact) mass is 489 g/mol. The average Bonchev–Trinajstić information content (AvgIpc) is 3.20. The number of hydrogen-bond donors (Lipinski definition) is 2. The van der Waals surface area contributed by atoms with Crippen molar-refractivity contribution in [1.82, 2.24) is 19.7 Å². The lowest BCUT2D eigenvalue weighted by Crippen LogP contribution is -2.22. The maximum absolute atomic E-state index is 12.8. The first-order valence-corrected chi connectivity index (χ1v) is 11.8. The normalized spacial score (nSPS) is 19.3. The summed E-state index contributed by atoms with van der Waals surface area (Å²) in [6, 6.07) is 3.75. The van der Waals surface area contributed by atoms with Gasteiger partial charge >= 0.3 is 6.18 Å². The third-order valence-corrected chi connectivity index (χ3v) is 6.80. The minimum absolute atomic E-state index is 0.266. The van der Waals surface area contributed by atoms with Crippen molar-refractivity contribution in [3.8, 4) is 0 Å². The van der Waals surface area contributed by atoms with Crippen LogP contribution in [0.25, 0.3) is 10.9 Å². The van der Waals surface area contributed by atoms with E-state index in [0.717, 1.165) is 43.2 Å². The van der Waals surface area contributed by atoms with E-state index < -0.39 is 23.4 Å². The van der Waals surface area contributed by atoms with Crippen LogP contribution in [0.1, 0.15) is 81.2 Å². The van der Waals surface area contributed by atoms with Crippen molar-refractivity contribution in [1.29, 1.82) is 0 Å². The fourth-order valence-corrected chi connectivity index (χ4v) is 4.70. The fourth-order valence-electron chi connectivity index (χ4n) is 4.70. The van der Waals surface area contributed by atoms with E-state index in [-0.39, 0.29) is 5.69 Å². The van der Waals surface area contributed by atoms with Gasteiger partial charge in [-0.05, 0) is 63.5 Å². The predicted octanol–water partition coefficient (Wildman–Crippen LogP) is 5.71. The zero-order chi connectivity index (χ0) is 25.5. The highest BCUT2D eigenvalue weighted by Crippen LogP contribution is 2.37. The Kier molecular flexibility index (Phi) is 6.61. The number of aromatic nitrogens is 4. The van der Waals surface area contributed by atoms with Crippen LogP contribution >= 0.6 is 0 Å². The zero-order valence-electron chi connectivity index (χ0n) is 20.2. The highest BCUT2D eigenvalue weighted by atomic mass is 19.4. The van der Waals surface area contributed by atoms with Gasteiger partial charge < -0.3 is 10.4 Å². The number of carbonyl (C=O) groups excluding carboxylic acids is 1. The molecule has 1 aliphatic rings. The number of alkyl halides is 3. The molecule has 1 aliphatic carbocycles. The summed E-state index contributed by atoms with van der Waals surface area (Å²) in [7, 11) is 0. The van der Waals surface area contributed by atoms with Crippen molar-refractivity contribution in [2.24, 2.45) is 11.8 Å². The molecule has 35 heavy (non-hydrogen) atoms. The second kappa shape index (κ2) is 9.22. The standard InChI is InChI=1S/C25H30F3N5O2/c1-14(2)15-5-7-17(8-6-15)33-13-16-9-20(18(24(3,4)35)10-19(16)32-33)31-23(34)21-11-30-22(12-29-21)25(26,27)28/h9-15,17,35H,5-8H2,1-4H3,(H,31,34). The molecule has 4 rings (SSSR count). The summed E-state index contributed by atoms with van der Waals surface area (Å²) in [5.74, 6) is 0.672. The fraction of sp³-hybridized carbons (Fsp3) is 0.520. The van der Waals surface area contributed by atoms with Crippen molar-refractivity contribution in [2.45, 2.75) is 71.2 Å². The molecule has 2 heterocycles. The maximum atomic E-state index is 12.8. The first kappa shape index (κ1) is 25.1. The molecule has 10 heteroatoms. The molecule has 7 nitrogen and oxygen atoms in total. The number of hydrogen-bond acceptors (Lipinski definition) is 5. The zero-order valence-corrected chi connectivity index (χ0v) is 20.2. The van der Waals surface area contributed by atoms with Crippen LogP contribution in [-0.4, -0.2) is 30.8 Å². The second-order valence-corrected chi connectivity index (χ2v) is 10.2. The van der Waals surface area contributed by atoms with E-state index in [9.17, 15) is 23.1 Å². The summed E-state index contributed by atoms with van der Waals surface area (Å²) >= 11 is 0. The molecule has 1 amide bonds. The van der Waals surface area contributed by atoms with Crippen LogP contribution in [-0.2, 0) is 11.8 Å². The largest absolute Gasteiger partial charge is 0.434 e. The van der Waals surface area contributed by atoms with Crippen molar-refractivity contribution in [3.63, 3.8) is 0 Å². The van der Waals surface area contributed by atoms with E-state index in [2.05, 4.69) is 29.1 Å². The number of benzene rings is 1. The van der Waals surface area contributed by atoms with Gasteiger partial charge in [0.1, 0.15) is 5.69 Å². The minimum atomic E-state index is -4.64.